The fraction of sp³-hybridized carbons (Fsp3) is 0.800. The summed E-state index contributed by atoms with van der Waals surface area (Å²) in [6, 6.07) is 0. The predicted molar refractivity (Wildman–Crippen MR) is 62.1 cm³/mol. The van der Waals surface area contributed by atoms with Gasteiger partial charge < -0.3 is 9.30 Å². The third kappa shape index (κ3) is 4.66. The highest BCUT2D eigenvalue weighted by Gasteiger charge is 2.05. The van der Waals surface area contributed by atoms with E-state index < -0.39 is 0 Å². The van der Waals surface area contributed by atoms with Gasteiger partial charge in [-0.25, -0.2) is 0 Å². The van der Waals surface area contributed by atoms with E-state index in [0.717, 1.165) is 30.5 Å². The summed E-state index contributed by atoms with van der Waals surface area (Å²) < 4.78 is 7.11. The molecule has 0 aliphatic heterocycles. The molecule has 5 heteroatoms. The summed E-state index contributed by atoms with van der Waals surface area (Å²) in [4.78, 5) is 0. The molecule has 0 aliphatic rings. The molecule has 0 spiro atoms. The first-order chi connectivity index (χ1) is 7.24. The van der Waals surface area contributed by atoms with E-state index in [0.29, 0.717) is 5.92 Å². The standard InChI is InChI=1S/C10H19N3OS/c1-9(2)7-15-10-12-11-8-13(10)5-4-6-14-3/h8-9H,4-7H2,1-3H3. The minimum atomic E-state index is 0.680. The average molecular weight is 229 g/mol. The van der Waals surface area contributed by atoms with Crippen molar-refractivity contribution in [2.24, 2.45) is 5.92 Å². The lowest BCUT2D eigenvalue weighted by Gasteiger charge is -2.06. The molecule has 0 amide bonds. The molecule has 0 fully saturated rings. The third-order valence-electron chi connectivity index (χ3n) is 1.87. The van der Waals surface area contributed by atoms with E-state index in [1.807, 2.05) is 0 Å². The second kappa shape index (κ2) is 6.85. The van der Waals surface area contributed by atoms with Crippen molar-refractivity contribution in [3.63, 3.8) is 0 Å². The zero-order valence-electron chi connectivity index (χ0n) is 9.64. The number of ether oxygens (including phenoxy) is 1. The van der Waals surface area contributed by atoms with Gasteiger partial charge in [0, 0.05) is 26.0 Å². The highest BCUT2D eigenvalue weighted by atomic mass is 32.2. The zero-order chi connectivity index (χ0) is 11.1. The highest BCUT2D eigenvalue weighted by Crippen LogP contribution is 2.17. The third-order valence-corrected chi connectivity index (χ3v) is 3.28. The molecular weight excluding hydrogens is 210 g/mol. The molecule has 1 rings (SSSR count). The average Bonchev–Trinajstić information content (AvgIpc) is 2.63. The molecule has 1 aromatic heterocycles. The molecule has 0 radical (unpaired) electrons. The monoisotopic (exact) mass is 229 g/mol. The molecule has 4 nitrogen and oxygen atoms in total. The summed E-state index contributed by atoms with van der Waals surface area (Å²) in [5.74, 6) is 1.77. The Morgan fingerprint density at radius 3 is 3.00 bits per heavy atom. The number of nitrogens with zero attached hydrogens (tertiary/aromatic N) is 3. The van der Waals surface area contributed by atoms with Crippen molar-refractivity contribution in [2.75, 3.05) is 19.5 Å². The van der Waals surface area contributed by atoms with Crippen molar-refractivity contribution in [3.8, 4) is 0 Å². The topological polar surface area (TPSA) is 39.9 Å². The van der Waals surface area contributed by atoms with Crippen molar-refractivity contribution >= 4 is 11.8 Å². The van der Waals surface area contributed by atoms with Gasteiger partial charge in [0.05, 0.1) is 0 Å². The van der Waals surface area contributed by atoms with Crippen LogP contribution in [0.3, 0.4) is 0 Å². The molecule has 15 heavy (non-hydrogen) atoms. The van der Waals surface area contributed by atoms with Crippen LogP contribution in [0.4, 0.5) is 0 Å². The Morgan fingerprint density at radius 1 is 1.53 bits per heavy atom. The van der Waals surface area contributed by atoms with Gasteiger partial charge in [-0.05, 0) is 12.3 Å². The summed E-state index contributed by atoms with van der Waals surface area (Å²) in [5, 5.41) is 9.05. The molecule has 0 saturated carbocycles. The molecular formula is C10H19N3OS. The van der Waals surface area contributed by atoms with Gasteiger partial charge in [0.15, 0.2) is 5.16 Å². The fourth-order valence-electron chi connectivity index (χ4n) is 1.13. The van der Waals surface area contributed by atoms with Gasteiger partial charge in [0.1, 0.15) is 6.33 Å². The van der Waals surface area contributed by atoms with Crippen LogP contribution < -0.4 is 0 Å². The second-order valence-electron chi connectivity index (χ2n) is 3.86. The maximum absolute atomic E-state index is 5.02. The fourth-order valence-corrected chi connectivity index (χ4v) is 2.02. The number of methoxy groups -OCH3 is 1. The van der Waals surface area contributed by atoms with E-state index in [9.17, 15) is 0 Å². The first kappa shape index (κ1) is 12.5. The number of aromatic nitrogens is 3. The van der Waals surface area contributed by atoms with Gasteiger partial charge in [0.25, 0.3) is 0 Å². The maximum atomic E-state index is 5.02. The van der Waals surface area contributed by atoms with E-state index >= 15 is 0 Å². The van der Waals surface area contributed by atoms with Crippen LogP contribution in [0.25, 0.3) is 0 Å². The van der Waals surface area contributed by atoms with Gasteiger partial charge in [-0.15, -0.1) is 10.2 Å². The Kier molecular flexibility index (Phi) is 5.71. The predicted octanol–water partition coefficient (Wildman–Crippen LogP) is 2.06. The van der Waals surface area contributed by atoms with Crippen LogP contribution in [-0.2, 0) is 11.3 Å². The van der Waals surface area contributed by atoms with E-state index in [-0.39, 0.29) is 0 Å². The van der Waals surface area contributed by atoms with Gasteiger partial charge in [-0.3, -0.25) is 0 Å². The summed E-state index contributed by atoms with van der Waals surface area (Å²) in [6.45, 7) is 6.13. The molecule has 1 aromatic rings. The van der Waals surface area contributed by atoms with Crippen LogP contribution >= 0.6 is 11.8 Å². The lowest BCUT2D eigenvalue weighted by molar-refractivity contribution is 0.189. The van der Waals surface area contributed by atoms with E-state index in [2.05, 4.69) is 28.6 Å². The van der Waals surface area contributed by atoms with Crippen LogP contribution in [0.15, 0.2) is 11.5 Å². The van der Waals surface area contributed by atoms with E-state index in [1.165, 1.54) is 0 Å². The maximum Gasteiger partial charge on any atom is 0.191 e. The molecule has 0 saturated heterocycles. The number of thioether (sulfide) groups is 1. The van der Waals surface area contributed by atoms with Crippen LogP contribution in [0.2, 0.25) is 0 Å². The zero-order valence-corrected chi connectivity index (χ0v) is 10.5. The van der Waals surface area contributed by atoms with Gasteiger partial charge in [-0.2, -0.15) is 0 Å². The molecule has 0 unspecified atom stereocenters. The largest absolute Gasteiger partial charge is 0.385 e. The number of hydrogen-bond acceptors (Lipinski definition) is 4. The summed E-state index contributed by atoms with van der Waals surface area (Å²) in [5.41, 5.74) is 0. The van der Waals surface area contributed by atoms with Gasteiger partial charge >= 0.3 is 0 Å². The normalized spacial score (nSPS) is 11.2. The molecule has 0 atom stereocenters. The first-order valence-corrected chi connectivity index (χ1v) is 6.22. The lowest BCUT2D eigenvalue weighted by atomic mass is 10.3. The van der Waals surface area contributed by atoms with Crippen LogP contribution in [-0.4, -0.2) is 34.2 Å². The van der Waals surface area contributed by atoms with Crippen LogP contribution in [0.1, 0.15) is 20.3 Å². The molecule has 1 heterocycles. The van der Waals surface area contributed by atoms with Crippen molar-refractivity contribution < 1.29 is 4.74 Å². The second-order valence-corrected chi connectivity index (χ2v) is 4.85. The molecule has 0 aromatic carbocycles. The molecule has 0 N–H and O–H groups in total. The minimum absolute atomic E-state index is 0.680. The van der Waals surface area contributed by atoms with E-state index in [4.69, 9.17) is 4.74 Å². The summed E-state index contributed by atoms with van der Waals surface area (Å²) in [6.07, 6.45) is 2.79. The molecule has 0 aliphatic carbocycles. The van der Waals surface area contributed by atoms with Crippen LogP contribution in [0.5, 0.6) is 0 Å². The van der Waals surface area contributed by atoms with Crippen LogP contribution in [0, 0.1) is 5.92 Å². The summed E-state index contributed by atoms with van der Waals surface area (Å²) >= 11 is 1.77. The first-order valence-electron chi connectivity index (χ1n) is 5.23. The number of aryl methyl sites for hydroxylation is 1. The Labute approximate surface area is 95.4 Å². The Bertz CT molecular complexity index is 275. The van der Waals surface area contributed by atoms with Gasteiger partial charge in [0.2, 0.25) is 0 Å². The van der Waals surface area contributed by atoms with Gasteiger partial charge in [-0.1, -0.05) is 25.6 Å². The van der Waals surface area contributed by atoms with Crippen molar-refractivity contribution in [1.82, 2.24) is 14.8 Å². The Hall–Kier alpha value is -0.550. The highest BCUT2D eigenvalue weighted by molar-refractivity contribution is 7.99. The lowest BCUT2D eigenvalue weighted by Crippen LogP contribution is -2.03. The SMILES string of the molecule is COCCCn1cnnc1SCC(C)C. The Balaban J connectivity index is 2.39. The summed E-state index contributed by atoms with van der Waals surface area (Å²) in [7, 11) is 1.72. The van der Waals surface area contributed by atoms with E-state index in [1.54, 1.807) is 25.2 Å². The Morgan fingerprint density at radius 2 is 2.33 bits per heavy atom. The van der Waals surface area contributed by atoms with Crippen molar-refractivity contribution in [1.29, 1.82) is 0 Å². The van der Waals surface area contributed by atoms with Crippen molar-refractivity contribution in [3.05, 3.63) is 6.33 Å². The smallest absolute Gasteiger partial charge is 0.191 e. The number of hydrogen-bond donors (Lipinski definition) is 0. The van der Waals surface area contributed by atoms with Crippen molar-refractivity contribution in [2.45, 2.75) is 32.0 Å². The quantitative estimate of drug-likeness (QED) is 0.530. The molecule has 86 valence electrons. The minimum Gasteiger partial charge on any atom is -0.385 e. The molecule has 0 bridgehead atoms. The number of rotatable bonds is 7.